The summed E-state index contributed by atoms with van der Waals surface area (Å²) in [6.45, 7) is 1.92. The van der Waals surface area contributed by atoms with Gasteiger partial charge in [-0.25, -0.2) is 18.1 Å². The van der Waals surface area contributed by atoms with Crippen LogP contribution < -0.4 is 25.3 Å². The van der Waals surface area contributed by atoms with Gasteiger partial charge < -0.3 is 19.3 Å². The third kappa shape index (κ3) is 7.28. The first-order chi connectivity index (χ1) is 28.4. The Morgan fingerprint density at radius 1 is 0.712 bits per heavy atom. The molecule has 6 aromatic rings. The molecule has 4 heterocycles. The van der Waals surface area contributed by atoms with Crippen LogP contribution in [-0.4, -0.2) is 30.9 Å². The van der Waals surface area contributed by atoms with Gasteiger partial charge in [-0.1, -0.05) is 58.5 Å². The van der Waals surface area contributed by atoms with Gasteiger partial charge in [0.25, 0.3) is 11.1 Å². The molecule has 0 radical (unpaired) electrons. The molecule has 4 aromatic carbocycles. The van der Waals surface area contributed by atoms with E-state index in [0.717, 1.165) is 49.8 Å². The summed E-state index contributed by atoms with van der Waals surface area (Å²) in [5.74, 6) is 0.655. The highest BCUT2D eigenvalue weighted by atomic mass is 35.5. The molecule has 0 spiro atoms. The predicted octanol–water partition coefficient (Wildman–Crippen LogP) is 11.1. The van der Waals surface area contributed by atoms with E-state index in [0.29, 0.717) is 37.7 Å². The lowest BCUT2D eigenvalue weighted by atomic mass is 9.95. The fourth-order valence-corrected chi connectivity index (χ4v) is 9.60. The molecule has 1 aliphatic carbocycles. The number of benzene rings is 4. The van der Waals surface area contributed by atoms with Crippen LogP contribution in [0.3, 0.4) is 0 Å². The molecule has 1 fully saturated rings. The third-order valence-electron chi connectivity index (χ3n) is 11.6. The van der Waals surface area contributed by atoms with E-state index in [9.17, 15) is 14.7 Å². The quantitative estimate of drug-likeness (QED) is 0.147. The zero-order chi connectivity index (χ0) is 41.3. The van der Waals surface area contributed by atoms with Crippen molar-refractivity contribution in [2.75, 3.05) is 7.11 Å². The molecule has 0 saturated heterocycles. The molecule has 1 saturated carbocycles. The van der Waals surface area contributed by atoms with Crippen molar-refractivity contribution in [3.63, 3.8) is 0 Å². The van der Waals surface area contributed by atoms with E-state index in [1.807, 2.05) is 0 Å². The van der Waals surface area contributed by atoms with Crippen LogP contribution in [0.5, 0.6) is 34.5 Å². The average Bonchev–Trinajstić information content (AvgIpc) is 3.87. The minimum atomic E-state index is -0.706. The van der Waals surface area contributed by atoms with Crippen LogP contribution in [0.1, 0.15) is 43.6 Å². The van der Waals surface area contributed by atoms with Gasteiger partial charge in [-0.2, -0.15) is 0 Å². The van der Waals surface area contributed by atoms with Crippen LogP contribution in [0.2, 0.25) is 20.4 Å². The Balaban J connectivity index is 0.886. The van der Waals surface area contributed by atoms with E-state index in [2.05, 4.69) is 0 Å². The van der Waals surface area contributed by atoms with Crippen molar-refractivity contribution >= 4 is 46.4 Å². The second-order valence-corrected chi connectivity index (χ2v) is 16.8. The van der Waals surface area contributed by atoms with E-state index in [4.69, 9.17) is 60.6 Å². The molecule has 1 N–H and O–H groups in total. The van der Waals surface area contributed by atoms with Crippen LogP contribution in [0.4, 0.5) is 8.78 Å². The maximum atomic E-state index is 15.5. The van der Waals surface area contributed by atoms with Crippen LogP contribution in [0.15, 0.2) is 76.3 Å². The number of fused-ring (bicyclic) bond motifs is 2. The SMILES string of the molecule is COc1cccc(Oc2cc(-c3c(Cl)n4n(c3=O)CC(CC3C[C@@H]3c3ccc(Oc5cc(-c6c(Cl)n7n(c6=O)CCCC7)c(F)cc5Cl)cc3O)CC4)c(F)cc2Cl)c1. The van der Waals surface area contributed by atoms with E-state index in [1.54, 1.807) is 50.4 Å². The number of ether oxygens (including phenoxy) is 3. The number of aromatic nitrogens is 4. The molecule has 59 heavy (non-hydrogen) atoms. The zero-order valence-electron chi connectivity index (χ0n) is 31.5. The summed E-state index contributed by atoms with van der Waals surface area (Å²) in [4.78, 5) is 27.1. The van der Waals surface area contributed by atoms with Crippen LogP contribution >= 0.6 is 46.4 Å². The molecule has 10 nitrogen and oxygen atoms in total. The summed E-state index contributed by atoms with van der Waals surface area (Å²) < 4.78 is 54.4. The Labute approximate surface area is 356 Å². The number of hydrogen-bond donors (Lipinski definition) is 1. The van der Waals surface area contributed by atoms with Crippen molar-refractivity contribution in [1.82, 2.24) is 18.7 Å². The van der Waals surface area contributed by atoms with Gasteiger partial charge in [0, 0.05) is 49.4 Å². The summed E-state index contributed by atoms with van der Waals surface area (Å²) in [6, 6.07) is 16.8. The summed E-state index contributed by atoms with van der Waals surface area (Å²) in [5.41, 5.74) is 0.0152. The molecule has 16 heteroatoms. The standard InChI is InChI=1S/C43H36Cl4F2N4O6/c1-57-24-5-4-6-25(15-24)58-36-18-30(34(49)19-31(36)44)39-41(47)51-12-9-22(21-53(51)43(39)56)13-23-14-28(23)27-8-7-26(16-35(27)54)59-37-17-29(33(48)20-32(37)45)38-40(46)50-10-2-3-11-52(50)42(38)55/h4-8,15-20,22-23,28,54H,2-3,9-14,21H2,1H3/t22?,23?,28-/m0/s1. The van der Waals surface area contributed by atoms with E-state index in [1.165, 1.54) is 30.0 Å². The highest BCUT2D eigenvalue weighted by Gasteiger charge is 2.42. The Morgan fingerprint density at radius 3 is 1.90 bits per heavy atom. The lowest BCUT2D eigenvalue weighted by Gasteiger charge is -2.26. The van der Waals surface area contributed by atoms with Crippen molar-refractivity contribution in [3.8, 4) is 56.8 Å². The predicted molar refractivity (Wildman–Crippen MR) is 222 cm³/mol. The number of methoxy groups -OCH3 is 1. The molecule has 0 amide bonds. The number of phenolic OH excluding ortho intramolecular Hbond substituents is 1. The number of phenols is 1. The van der Waals surface area contributed by atoms with Crippen molar-refractivity contribution in [2.45, 2.75) is 64.2 Å². The number of aromatic hydroxyl groups is 1. The van der Waals surface area contributed by atoms with Crippen LogP contribution in [-0.2, 0) is 26.2 Å². The van der Waals surface area contributed by atoms with Gasteiger partial charge in [0.1, 0.15) is 56.4 Å². The normalized spacial score (nSPS) is 18.3. The van der Waals surface area contributed by atoms with Gasteiger partial charge in [-0.15, -0.1) is 0 Å². The highest BCUT2D eigenvalue weighted by Crippen LogP contribution is 2.54. The molecule has 2 unspecified atom stereocenters. The summed E-state index contributed by atoms with van der Waals surface area (Å²) in [5, 5.41) is 11.5. The fraction of sp³-hybridized carbons (Fsp3) is 0.302. The van der Waals surface area contributed by atoms with E-state index < -0.39 is 17.2 Å². The molecular weight excluding hydrogens is 848 g/mol. The Kier molecular flexibility index (Phi) is 10.5. The molecule has 2 aromatic heterocycles. The van der Waals surface area contributed by atoms with Crippen LogP contribution in [0, 0.1) is 23.5 Å². The van der Waals surface area contributed by atoms with Gasteiger partial charge in [0.15, 0.2) is 0 Å². The number of halogens is 6. The average molecular weight is 885 g/mol. The Hall–Kier alpha value is -4.88. The molecular formula is C43H36Cl4F2N4O6. The minimum Gasteiger partial charge on any atom is -0.508 e. The van der Waals surface area contributed by atoms with Crippen molar-refractivity contribution in [1.29, 1.82) is 0 Å². The van der Waals surface area contributed by atoms with Gasteiger partial charge in [-0.05, 0) is 97.9 Å². The smallest absolute Gasteiger partial charge is 0.276 e. The first-order valence-corrected chi connectivity index (χ1v) is 20.7. The van der Waals surface area contributed by atoms with Gasteiger partial charge in [0.2, 0.25) is 0 Å². The first kappa shape index (κ1) is 39.6. The second kappa shape index (κ2) is 15.6. The summed E-state index contributed by atoms with van der Waals surface area (Å²) in [7, 11) is 1.53. The van der Waals surface area contributed by atoms with Crippen molar-refractivity contribution < 1.29 is 28.1 Å². The molecule has 2 aliphatic heterocycles. The second-order valence-electron chi connectivity index (χ2n) is 15.2. The van der Waals surface area contributed by atoms with Crippen molar-refractivity contribution in [3.05, 3.63) is 125 Å². The number of hydrogen-bond acceptors (Lipinski definition) is 6. The third-order valence-corrected chi connectivity index (χ3v) is 12.9. The molecule has 0 bridgehead atoms. The summed E-state index contributed by atoms with van der Waals surface area (Å²) >= 11 is 26.1. The topological polar surface area (TPSA) is 102 Å². The highest BCUT2D eigenvalue weighted by molar-refractivity contribution is 6.34. The van der Waals surface area contributed by atoms with Gasteiger partial charge in [-0.3, -0.25) is 19.0 Å². The lowest BCUT2D eigenvalue weighted by Crippen LogP contribution is -2.33. The monoisotopic (exact) mass is 882 g/mol. The Morgan fingerprint density at radius 2 is 1.29 bits per heavy atom. The van der Waals surface area contributed by atoms with Gasteiger partial charge in [0.05, 0.1) is 28.3 Å². The largest absolute Gasteiger partial charge is 0.508 e. The molecule has 3 atom stereocenters. The summed E-state index contributed by atoms with van der Waals surface area (Å²) in [6.07, 6.45) is 4.10. The van der Waals surface area contributed by atoms with E-state index >= 15 is 8.78 Å². The molecule has 306 valence electrons. The van der Waals surface area contributed by atoms with Crippen LogP contribution in [0.25, 0.3) is 22.3 Å². The minimum absolute atomic E-state index is 0.00934. The molecule has 9 rings (SSSR count). The number of nitrogens with zero attached hydrogens (tertiary/aromatic N) is 4. The fourth-order valence-electron chi connectivity index (χ4n) is 8.51. The van der Waals surface area contributed by atoms with E-state index in [-0.39, 0.29) is 88.9 Å². The Bertz CT molecular complexity index is 2780. The van der Waals surface area contributed by atoms with Crippen molar-refractivity contribution in [2.24, 2.45) is 11.8 Å². The van der Waals surface area contributed by atoms with Gasteiger partial charge >= 0.3 is 0 Å². The maximum Gasteiger partial charge on any atom is 0.276 e. The maximum absolute atomic E-state index is 15.5. The number of rotatable bonds is 10. The first-order valence-electron chi connectivity index (χ1n) is 19.2. The molecule has 3 aliphatic rings. The lowest BCUT2D eigenvalue weighted by molar-refractivity contribution is 0.242. The zero-order valence-corrected chi connectivity index (χ0v) is 34.5.